The van der Waals surface area contributed by atoms with E-state index in [4.69, 9.17) is 0 Å². The van der Waals surface area contributed by atoms with Gasteiger partial charge in [-0.05, 0) is 17.5 Å². The average molecular weight is 319 g/mol. The van der Waals surface area contributed by atoms with Crippen molar-refractivity contribution in [1.82, 2.24) is 15.5 Å². The minimum atomic E-state index is -1.01. The van der Waals surface area contributed by atoms with Gasteiger partial charge in [0, 0.05) is 28.5 Å². The molecule has 1 aromatic heterocycles. The molecule has 118 valence electrons. The summed E-state index contributed by atoms with van der Waals surface area (Å²) in [5.41, 5.74) is 2.21. The van der Waals surface area contributed by atoms with Crippen molar-refractivity contribution in [3.63, 3.8) is 0 Å². The first-order chi connectivity index (χ1) is 10.5. The Morgan fingerprint density at radius 2 is 2.00 bits per heavy atom. The van der Waals surface area contributed by atoms with E-state index in [-0.39, 0.29) is 17.9 Å². The third-order valence-corrected chi connectivity index (χ3v) is 4.16. The van der Waals surface area contributed by atoms with E-state index in [0.717, 1.165) is 11.3 Å². The summed E-state index contributed by atoms with van der Waals surface area (Å²) >= 11 is 0. The molecule has 0 fully saturated rings. The van der Waals surface area contributed by atoms with Crippen LogP contribution in [-0.4, -0.2) is 32.3 Å². The van der Waals surface area contributed by atoms with Gasteiger partial charge in [-0.15, -0.1) is 0 Å². The van der Waals surface area contributed by atoms with Crippen molar-refractivity contribution in [2.75, 3.05) is 12.0 Å². The topological polar surface area (TPSA) is 74.8 Å². The van der Waals surface area contributed by atoms with Crippen molar-refractivity contribution in [3.8, 4) is 0 Å². The van der Waals surface area contributed by atoms with Crippen molar-refractivity contribution < 1.29 is 9.00 Å². The summed E-state index contributed by atoms with van der Waals surface area (Å²) in [6, 6.07) is 11.0. The molecule has 0 radical (unpaired) electrons. The van der Waals surface area contributed by atoms with Crippen LogP contribution in [0.3, 0.4) is 0 Å². The summed E-state index contributed by atoms with van der Waals surface area (Å²) in [6.45, 7) is 4.06. The number of carbonyl (C=O) groups is 1. The van der Waals surface area contributed by atoms with Crippen LogP contribution in [0.15, 0.2) is 36.4 Å². The van der Waals surface area contributed by atoms with Crippen LogP contribution in [0, 0.1) is 0 Å². The maximum absolute atomic E-state index is 12.4. The van der Waals surface area contributed by atoms with Crippen molar-refractivity contribution in [1.29, 1.82) is 0 Å². The second-order valence-corrected chi connectivity index (χ2v) is 7.02. The lowest BCUT2D eigenvalue weighted by Gasteiger charge is -2.17. The second kappa shape index (κ2) is 7.35. The molecule has 0 aliphatic rings. The second-order valence-electron chi connectivity index (χ2n) is 5.54. The lowest BCUT2D eigenvalue weighted by Crippen LogP contribution is -2.32. The summed E-state index contributed by atoms with van der Waals surface area (Å²) in [6.07, 6.45) is 1.63. The van der Waals surface area contributed by atoms with E-state index in [1.54, 1.807) is 12.3 Å². The number of hydrogen-bond acceptors (Lipinski definition) is 3. The van der Waals surface area contributed by atoms with Gasteiger partial charge in [-0.1, -0.05) is 44.2 Å². The zero-order chi connectivity index (χ0) is 16.1. The van der Waals surface area contributed by atoms with Crippen LogP contribution in [0.1, 0.15) is 47.6 Å². The number of hydrogen-bond donors (Lipinski definition) is 2. The molecule has 5 nitrogen and oxygen atoms in total. The van der Waals surface area contributed by atoms with E-state index in [2.05, 4.69) is 15.5 Å². The SMILES string of the molecule is CC(C)c1cc(C(=O)N[C@@H](C[S@](C)=O)c2ccccc2)n[nH]1. The van der Waals surface area contributed by atoms with Crippen LogP contribution in [0.25, 0.3) is 0 Å². The molecule has 0 bridgehead atoms. The molecule has 0 saturated heterocycles. The fourth-order valence-corrected chi connectivity index (χ4v) is 2.87. The van der Waals surface area contributed by atoms with E-state index in [9.17, 15) is 9.00 Å². The molecular weight excluding hydrogens is 298 g/mol. The quantitative estimate of drug-likeness (QED) is 0.858. The Hall–Kier alpha value is -1.95. The van der Waals surface area contributed by atoms with Crippen LogP contribution in [0.5, 0.6) is 0 Å². The Bertz CT molecular complexity index is 652. The normalized spacial score (nSPS) is 13.8. The van der Waals surface area contributed by atoms with Gasteiger partial charge in [0.15, 0.2) is 0 Å². The van der Waals surface area contributed by atoms with Gasteiger partial charge < -0.3 is 5.32 Å². The Balaban J connectivity index is 2.15. The zero-order valence-corrected chi connectivity index (χ0v) is 13.8. The van der Waals surface area contributed by atoms with Crippen molar-refractivity contribution in [2.45, 2.75) is 25.8 Å². The Kier molecular flexibility index (Phi) is 5.49. The fraction of sp³-hybridized carbons (Fsp3) is 0.375. The predicted molar refractivity (Wildman–Crippen MR) is 88.3 cm³/mol. The Labute approximate surface area is 133 Å². The molecule has 0 saturated carbocycles. The minimum absolute atomic E-state index is 0.262. The molecule has 2 N–H and O–H groups in total. The highest BCUT2D eigenvalue weighted by Gasteiger charge is 2.19. The molecule has 1 aromatic carbocycles. The van der Waals surface area contributed by atoms with E-state index in [0.29, 0.717) is 11.4 Å². The summed E-state index contributed by atoms with van der Waals surface area (Å²) in [7, 11) is -1.01. The van der Waals surface area contributed by atoms with Crippen LogP contribution in [-0.2, 0) is 10.8 Å². The monoisotopic (exact) mass is 319 g/mol. The molecule has 2 aromatic rings. The van der Waals surface area contributed by atoms with Crippen molar-refractivity contribution in [3.05, 3.63) is 53.3 Å². The molecule has 0 aliphatic carbocycles. The number of aromatic nitrogens is 2. The fourth-order valence-electron chi connectivity index (χ4n) is 2.12. The molecule has 6 heteroatoms. The van der Waals surface area contributed by atoms with Gasteiger partial charge in [-0.2, -0.15) is 5.10 Å². The third-order valence-electron chi connectivity index (χ3n) is 3.36. The van der Waals surface area contributed by atoms with Gasteiger partial charge in [0.25, 0.3) is 5.91 Å². The first-order valence-electron chi connectivity index (χ1n) is 7.18. The Morgan fingerprint density at radius 1 is 1.32 bits per heavy atom. The van der Waals surface area contributed by atoms with Gasteiger partial charge in [0.05, 0.1) is 6.04 Å². The van der Waals surface area contributed by atoms with E-state index >= 15 is 0 Å². The van der Waals surface area contributed by atoms with Gasteiger partial charge >= 0.3 is 0 Å². The number of aromatic amines is 1. The lowest BCUT2D eigenvalue weighted by atomic mass is 10.1. The summed E-state index contributed by atoms with van der Waals surface area (Å²) < 4.78 is 11.6. The molecule has 2 atom stereocenters. The Morgan fingerprint density at radius 3 is 2.55 bits per heavy atom. The summed E-state index contributed by atoms with van der Waals surface area (Å²) in [5, 5.41) is 9.84. The van der Waals surface area contributed by atoms with Gasteiger partial charge in [-0.25, -0.2) is 0 Å². The predicted octanol–water partition coefficient (Wildman–Crippen LogP) is 2.38. The molecule has 1 amide bonds. The third kappa shape index (κ3) is 4.27. The smallest absolute Gasteiger partial charge is 0.272 e. The maximum Gasteiger partial charge on any atom is 0.272 e. The highest BCUT2D eigenvalue weighted by Crippen LogP contribution is 2.16. The first-order valence-corrected chi connectivity index (χ1v) is 8.91. The number of amides is 1. The highest BCUT2D eigenvalue weighted by atomic mass is 32.2. The van der Waals surface area contributed by atoms with Crippen LogP contribution < -0.4 is 5.32 Å². The molecule has 0 spiro atoms. The number of H-pyrrole nitrogens is 1. The minimum Gasteiger partial charge on any atom is -0.343 e. The average Bonchev–Trinajstić information content (AvgIpc) is 2.97. The van der Waals surface area contributed by atoms with Crippen molar-refractivity contribution in [2.24, 2.45) is 0 Å². The van der Waals surface area contributed by atoms with Crippen LogP contribution >= 0.6 is 0 Å². The van der Waals surface area contributed by atoms with E-state index in [1.165, 1.54) is 0 Å². The molecule has 0 unspecified atom stereocenters. The molecular formula is C16H21N3O2S. The van der Waals surface area contributed by atoms with Crippen LogP contribution in [0.4, 0.5) is 0 Å². The molecule has 22 heavy (non-hydrogen) atoms. The van der Waals surface area contributed by atoms with E-state index in [1.807, 2.05) is 44.2 Å². The van der Waals surface area contributed by atoms with Crippen molar-refractivity contribution >= 4 is 16.7 Å². The standard InChI is InChI=1S/C16H21N3O2S/c1-11(2)13-9-14(19-18-13)16(20)17-15(10-22(3)21)12-7-5-4-6-8-12/h4-9,11,15H,10H2,1-3H3,(H,17,20)(H,18,19)/t15-,22-/m0/s1. The van der Waals surface area contributed by atoms with E-state index < -0.39 is 10.8 Å². The molecule has 0 aliphatic heterocycles. The molecule has 2 rings (SSSR count). The van der Waals surface area contributed by atoms with Gasteiger partial charge in [-0.3, -0.25) is 14.1 Å². The van der Waals surface area contributed by atoms with Crippen LogP contribution in [0.2, 0.25) is 0 Å². The number of carbonyl (C=O) groups excluding carboxylic acids is 1. The number of rotatable bonds is 6. The maximum atomic E-state index is 12.4. The lowest BCUT2D eigenvalue weighted by molar-refractivity contribution is 0.0935. The molecule has 1 heterocycles. The number of benzene rings is 1. The summed E-state index contributed by atoms with van der Waals surface area (Å²) in [5.74, 6) is 0.390. The number of nitrogens with zero attached hydrogens (tertiary/aromatic N) is 1. The highest BCUT2D eigenvalue weighted by molar-refractivity contribution is 7.84. The zero-order valence-electron chi connectivity index (χ0n) is 13.0. The summed E-state index contributed by atoms with van der Waals surface area (Å²) in [4.78, 5) is 12.4. The largest absolute Gasteiger partial charge is 0.343 e. The van der Waals surface area contributed by atoms with Gasteiger partial charge in [0.1, 0.15) is 5.69 Å². The number of nitrogens with one attached hydrogen (secondary N) is 2. The first kappa shape index (κ1) is 16.4. The van der Waals surface area contributed by atoms with Gasteiger partial charge in [0.2, 0.25) is 0 Å².